The summed E-state index contributed by atoms with van der Waals surface area (Å²) in [7, 11) is 0. The van der Waals surface area contributed by atoms with Crippen LogP contribution in [0, 0.1) is 0 Å². The zero-order chi connectivity index (χ0) is 17.6. The van der Waals surface area contributed by atoms with Crippen molar-refractivity contribution in [3.05, 3.63) is 95.0 Å². The Kier molecular flexibility index (Phi) is 5.36. The van der Waals surface area contributed by atoms with Crippen LogP contribution in [0.25, 0.3) is 0 Å². The summed E-state index contributed by atoms with van der Waals surface area (Å²) in [5, 5.41) is 3.59. The van der Waals surface area contributed by atoms with Gasteiger partial charge in [-0.25, -0.2) is 0 Å². The van der Waals surface area contributed by atoms with E-state index in [1.54, 1.807) is 24.3 Å². The normalized spacial score (nSPS) is 11.6. The Balaban J connectivity index is 1.63. The molecular weight excluding hydrogens is 334 g/mol. The molecule has 3 aromatic carbocycles. The number of para-hydroxylation sites is 1. The maximum absolute atomic E-state index is 12.3. The molecule has 0 aliphatic carbocycles. The summed E-state index contributed by atoms with van der Waals surface area (Å²) in [6.07, 6.45) is 0. The van der Waals surface area contributed by atoms with Crippen LogP contribution >= 0.6 is 11.6 Å². The average Bonchev–Trinajstić information content (AvgIpc) is 2.63. The van der Waals surface area contributed by atoms with E-state index in [1.165, 1.54) is 0 Å². The highest BCUT2D eigenvalue weighted by Gasteiger charge is 2.11. The molecule has 0 aliphatic heterocycles. The van der Waals surface area contributed by atoms with Crippen molar-refractivity contribution in [2.75, 3.05) is 0 Å². The third-order valence-corrected chi connectivity index (χ3v) is 4.06. The number of ether oxygens (including phenoxy) is 1. The highest BCUT2D eigenvalue weighted by molar-refractivity contribution is 6.30. The van der Waals surface area contributed by atoms with Gasteiger partial charge in [-0.05, 0) is 61.0 Å². The molecular formula is C21H18ClNO2. The lowest BCUT2D eigenvalue weighted by atomic mass is 10.1. The van der Waals surface area contributed by atoms with E-state index in [9.17, 15) is 4.79 Å². The van der Waals surface area contributed by atoms with E-state index in [1.807, 2.05) is 61.5 Å². The lowest BCUT2D eigenvalue weighted by Crippen LogP contribution is -2.26. The van der Waals surface area contributed by atoms with Crippen molar-refractivity contribution in [1.82, 2.24) is 5.32 Å². The Labute approximate surface area is 152 Å². The number of rotatable bonds is 5. The van der Waals surface area contributed by atoms with Gasteiger partial charge in [-0.2, -0.15) is 0 Å². The fraction of sp³-hybridized carbons (Fsp3) is 0.0952. The fourth-order valence-electron chi connectivity index (χ4n) is 2.41. The molecule has 3 rings (SSSR count). The Morgan fingerprint density at radius 3 is 2.12 bits per heavy atom. The van der Waals surface area contributed by atoms with Crippen LogP contribution in [0.1, 0.15) is 28.9 Å². The van der Waals surface area contributed by atoms with Gasteiger partial charge in [-0.3, -0.25) is 4.79 Å². The van der Waals surface area contributed by atoms with Gasteiger partial charge >= 0.3 is 0 Å². The Morgan fingerprint density at radius 1 is 0.880 bits per heavy atom. The third kappa shape index (κ3) is 4.61. The number of halogens is 1. The summed E-state index contributed by atoms with van der Waals surface area (Å²) in [5.41, 5.74) is 1.59. The van der Waals surface area contributed by atoms with Crippen molar-refractivity contribution in [2.24, 2.45) is 0 Å². The molecule has 0 bridgehead atoms. The molecule has 1 atom stereocenters. The zero-order valence-corrected chi connectivity index (χ0v) is 14.5. The maximum atomic E-state index is 12.3. The highest BCUT2D eigenvalue weighted by atomic mass is 35.5. The molecule has 1 unspecified atom stereocenters. The topological polar surface area (TPSA) is 38.3 Å². The predicted octanol–water partition coefficient (Wildman–Crippen LogP) is 5.62. The lowest BCUT2D eigenvalue weighted by molar-refractivity contribution is 0.0940. The molecule has 0 aromatic heterocycles. The molecule has 3 nitrogen and oxygen atoms in total. The van der Waals surface area contributed by atoms with Gasteiger partial charge in [-0.1, -0.05) is 41.9 Å². The Morgan fingerprint density at radius 2 is 1.48 bits per heavy atom. The molecule has 0 radical (unpaired) electrons. The van der Waals surface area contributed by atoms with Crippen LogP contribution in [0.5, 0.6) is 11.5 Å². The summed E-state index contributed by atoms with van der Waals surface area (Å²) in [6.45, 7) is 1.95. The lowest BCUT2D eigenvalue weighted by Gasteiger charge is -2.15. The molecule has 3 aromatic rings. The van der Waals surface area contributed by atoms with Crippen LogP contribution in [-0.2, 0) is 0 Å². The molecule has 126 valence electrons. The van der Waals surface area contributed by atoms with Crippen LogP contribution in [0.15, 0.2) is 78.9 Å². The van der Waals surface area contributed by atoms with Crippen molar-refractivity contribution < 1.29 is 9.53 Å². The van der Waals surface area contributed by atoms with E-state index >= 15 is 0 Å². The average molecular weight is 352 g/mol. The van der Waals surface area contributed by atoms with E-state index in [-0.39, 0.29) is 11.9 Å². The SMILES string of the molecule is CC(NC(=O)c1ccc(Cl)cc1)c1ccc(Oc2ccccc2)cc1. The van der Waals surface area contributed by atoms with Crippen LogP contribution in [-0.4, -0.2) is 5.91 Å². The molecule has 25 heavy (non-hydrogen) atoms. The van der Waals surface area contributed by atoms with Crippen LogP contribution in [0.4, 0.5) is 0 Å². The first kappa shape index (κ1) is 17.1. The molecule has 0 saturated heterocycles. The number of amides is 1. The summed E-state index contributed by atoms with van der Waals surface area (Å²) >= 11 is 5.85. The van der Waals surface area contributed by atoms with Gasteiger partial charge in [0, 0.05) is 10.6 Å². The van der Waals surface area contributed by atoms with Crippen molar-refractivity contribution in [1.29, 1.82) is 0 Å². The first-order valence-electron chi connectivity index (χ1n) is 8.01. The molecule has 0 heterocycles. The summed E-state index contributed by atoms with van der Waals surface area (Å²) in [4.78, 5) is 12.3. The first-order chi connectivity index (χ1) is 12.1. The summed E-state index contributed by atoms with van der Waals surface area (Å²) < 4.78 is 5.77. The number of nitrogens with one attached hydrogen (secondary N) is 1. The molecule has 0 fully saturated rings. The predicted molar refractivity (Wildman–Crippen MR) is 100 cm³/mol. The molecule has 4 heteroatoms. The second-order valence-corrected chi connectivity index (χ2v) is 6.12. The van der Waals surface area contributed by atoms with E-state index in [0.29, 0.717) is 10.6 Å². The van der Waals surface area contributed by atoms with E-state index in [0.717, 1.165) is 17.1 Å². The first-order valence-corrected chi connectivity index (χ1v) is 8.39. The maximum Gasteiger partial charge on any atom is 0.251 e. The van der Waals surface area contributed by atoms with E-state index in [2.05, 4.69) is 5.32 Å². The van der Waals surface area contributed by atoms with Gasteiger partial charge in [0.25, 0.3) is 5.91 Å². The fourth-order valence-corrected chi connectivity index (χ4v) is 2.54. The smallest absolute Gasteiger partial charge is 0.251 e. The van der Waals surface area contributed by atoms with Crippen molar-refractivity contribution in [3.8, 4) is 11.5 Å². The van der Waals surface area contributed by atoms with Gasteiger partial charge in [0.1, 0.15) is 11.5 Å². The summed E-state index contributed by atoms with van der Waals surface area (Å²) in [6, 6.07) is 24.0. The van der Waals surface area contributed by atoms with Gasteiger partial charge < -0.3 is 10.1 Å². The Bertz CT molecular complexity index is 830. The minimum absolute atomic E-state index is 0.117. The minimum Gasteiger partial charge on any atom is -0.457 e. The molecule has 0 aliphatic rings. The number of hydrogen-bond acceptors (Lipinski definition) is 2. The van der Waals surface area contributed by atoms with Crippen LogP contribution < -0.4 is 10.1 Å². The molecule has 1 amide bonds. The molecule has 0 saturated carbocycles. The highest BCUT2D eigenvalue weighted by Crippen LogP contribution is 2.23. The van der Waals surface area contributed by atoms with Crippen molar-refractivity contribution in [2.45, 2.75) is 13.0 Å². The van der Waals surface area contributed by atoms with E-state index < -0.39 is 0 Å². The zero-order valence-electron chi connectivity index (χ0n) is 13.8. The molecule has 0 spiro atoms. The second kappa shape index (κ2) is 7.86. The third-order valence-electron chi connectivity index (χ3n) is 3.81. The van der Waals surface area contributed by atoms with Crippen molar-refractivity contribution >= 4 is 17.5 Å². The minimum atomic E-state index is -0.131. The van der Waals surface area contributed by atoms with Gasteiger partial charge in [0.15, 0.2) is 0 Å². The monoisotopic (exact) mass is 351 g/mol. The van der Waals surface area contributed by atoms with Crippen LogP contribution in [0.3, 0.4) is 0 Å². The van der Waals surface area contributed by atoms with Gasteiger partial charge in [0.05, 0.1) is 6.04 Å². The second-order valence-electron chi connectivity index (χ2n) is 5.69. The Hall–Kier alpha value is -2.78. The van der Waals surface area contributed by atoms with E-state index in [4.69, 9.17) is 16.3 Å². The van der Waals surface area contributed by atoms with Crippen molar-refractivity contribution in [3.63, 3.8) is 0 Å². The standard InChI is InChI=1S/C21H18ClNO2/c1-15(23-21(24)17-7-11-18(22)12-8-17)16-9-13-20(14-10-16)25-19-5-3-2-4-6-19/h2-15H,1H3,(H,23,24). The quantitative estimate of drug-likeness (QED) is 0.647. The van der Waals surface area contributed by atoms with Gasteiger partial charge in [-0.15, -0.1) is 0 Å². The molecule has 1 N–H and O–H groups in total. The number of carbonyl (C=O) groups excluding carboxylic acids is 1. The number of hydrogen-bond donors (Lipinski definition) is 1. The van der Waals surface area contributed by atoms with Crippen LogP contribution in [0.2, 0.25) is 5.02 Å². The number of benzene rings is 3. The van der Waals surface area contributed by atoms with Gasteiger partial charge in [0.2, 0.25) is 0 Å². The largest absolute Gasteiger partial charge is 0.457 e. The summed E-state index contributed by atoms with van der Waals surface area (Å²) in [5.74, 6) is 1.42. The number of carbonyl (C=O) groups is 1.